The normalized spacial score (nSPS) is 28.1. The molecule has 0 spiro atoms. The van der Waals surface area contributed by atoms with E-state index in [4.69, 9.17) is 0 Å². The summed E-state index contributed by atoms with van der Waals surface area (Å²) >= 11 is 0. The molecule has 2 aliphatic heterocycles. The average Bonchev–Trinajstić information content (AvgIpc) is 3.12. The highest BCUT2D eigenvalue weighted by Crippen LogP contribution is 2.46. The Labute approximate surface area is 167 Å². The summed E-state index contributed by atoms with van der Waals surface area (Å²) in [6, 6.07) is 5.36. The Bertz CT molecular complexity index is 909. The number of nitrogens with one attached hydrogen (secondary N) is 1. The SMILES string of the molecule is Cn1ccnc1CN1[C@H]2CCCC(=O)N[C@@]2(C)C[C@H]1c1cccc(C(F)(F)F)c1. The van der Waals surface area contributed by atoms with E-state index >= 15 is 0 Å². The topological polar surface area (TPSA) is 50.2 Å². The molecule has 1 aromatic heterocycles. The molecule has 2 fully saturated rings. The highest BCUT2D eigenvalue weighted by molar-refractivity contribution is 5.77. The van der Waals surface area contributed by atoms with Crippen molar-refractivity contribution in [3.63, 3.8) is 0 Å². The van der Waals surface area contributed by atoms with E-state index in [0.29, 0.717) is 24.9 Å². The number of carbonyl (C=O) groups is 1. The van der Waals surface area contributed by atoms with Crippen molar-refractivity contribution in [3.8, 4) is 0 Å². The van der Waals surface area contributed by atoms with Gasteiger partial charge in [-0.1, -0.05) is 12.1 Å². The van der Waals surface area contributed by atoms with Crippen LogP contribution in [-0.2, 0) is 24.6 Å². The van der Waals surface area contributed by atoms with E-state index in [1.54, 1.807) is 12.3 Å². The Morgan fingerprint density at radius 3 is 2.83 bits per heavy atom. The molecule has 0 radical (unpaired) electrons. The first-order chi connectivity index (χ1) is 13.7. The highest BCUT2D eigenvalue weighted by atomic mass is 19.4. The van der Waals surface area contributed by atoms with Crippen molar-refractivity contribution in [1.82, 2.24) is 19.8 Å². The van der Waals surface area contributed by atoms with E-state index in [1.165, 1.54) is 12.1 Å². The number of imidazole rings is 1. The molecule has 1 aromatic carbocycles. The van der Waals surface area contributed by atoms with Gasteiger partial charge in [-0.05, 0) is 43.9 Å². The zero-order valence-electron chi connectivity index (χ0n) is 16.5. The summed E-state index contributed by atoms with van der Waals surface area (Å²) in [7, 11) is 1.91. The lowest BCUT2D eigenvalue weighted by Crippen LogP contribution is -2.52. The van der Waals surface area contributed by atoms with Crippen molar-refractivity contribution in [3.05, 3.63) is 53.6 Å². The van der Waals surface area contributed by atoms with E-state index in [1.807, 2.05) is 24.7 Å². The first kappa shape index (κ1) is 19.9. The van der Waals surface area contributed by atoms with Crippen LogP contribution in [0.4, 0.5) is 13.2 Å². The molecule has 0 bridgehead atoms. The summed E-state index contributed by atoms with van der Waals surface area (Å²) in [6.45, 7) is 2.53. The number of hydrogen-bond donors (Lipinski definition) is 1. The highest BCUT2D eigenvalue weighted by Gasteiger charge is 2.51. The maximum Gasteiger partial charge on any atom is 0.416 e. The predicted molar refractivity (Wildman–Crippen MR) is 102 cm³/mol. The minimum atomic E-state index is -4.39. The molecule has 1 N–H and O–H groups in total. The minimum Gasteiger partial charge on any atom is -0.349 e. The number of amides is 1. The zero-order valence-corrected chi connectivity index (χ0v) is 16.5. The van der Waals surface area contributed by atoms with Crippen LogP contribution in [0.5, 0.6) is 0 Å². The first-order valence-corrected chi connectivity index (χ1v) is 9.87. The number of alkyl halides is 3. The molecule has 0 aliphatic carbocycles. The van der Waals surface area contributed by atoms with Gasteiger partial charge in [0.25, 0.3) is 0 Å². The third-order valence-electron chi connectivity index (χ3n) is 6.30. The van der Waals surface area contributed by atoms with Crippen LogP contribution < -0.4 is 5.32 Å². The summed E-state index contributed by atoms with van der Waals surface area (Å²) < 4.78 is 41.8. The zero-order chi connectivity index (χ0) is 20.8. The standard InChI is InChI=1S/C21H25F3N4O/c1-20-12-16(14-5-3-6-15(11-14)21(22,23)24)28(13-18-25-9-10-27(18)2)17(20)7-4-8-19(29)26-20/h3,5-6,9-11,16-17H,4,7-8,12-13H2,1-2H3,(H,26,29)/t16-,17-,20-/m0/s1. The van der Waals surface area contributed by atoms with Gasteiger partial charge in [-0.15, -0.1) is 0 Å². The molecular weight excluding hydrogens is 381 g/mol. The van der Waals surface area contributed by atoms with Crippen LogP contribution in [0, 0.1) is 0 Å². The van der Waals surface area contributed by atoms with Gasteiger partial charge in [-0.25, -0.2) is 4.98 Å². The van der Waals surface area contributed by atoms with Crippen molar-refractivity contribution in [2.45, 2.75) is 63.0 Å². The average molecular weight is 406 g/mol. The molecule has 5 nitrogen and oxygen atoms in total. The van der Waals surface area contributed by atoms with Crippen LogP contribution in [-0.4, -0.2) is 31.9 Å². The minimum absolute atomic E-state index is 0.0108. The van der Waals surface area contributed by atoms with E-state index in [2.05, 4.69) is 15.2 Å². The molecule has 2 aliphatic rings. The third-order valence-corrected chi connectivity index (χ3v) is 6.30. The summed E-state index contributed by atoms with van der Waals surface area (Å²) in [4.78, 5) is 18.9. The summed E-state index contributed by atoms with van der Waals surface area (Å²) in [5.74, 6) is 0.860. The molecule has 0 saturated carbocycles. The number of fused-ring (bicyclic) bond motifs is 1. The largest absolute Gasteiger partial charge is 0.416 e. The van der Waals surface area contributed by atoms with Crippen molar-refractivity contribution in [2.75, 3.05) is 0 Å². The number of aromatic nitrogens is 2. The molecule has 29 heavy (non-hydrogen) atoms. The fraction of sp³-hybridized carbons (Fsp3) is 0.524. The molecule has 156 valence electrons. The predicted octanol–water partition coefficient (Wildman–Crippen LogP) is 3.81. The van der Waals surface area contributed by atoms with E-state index in [0.717, 1.165) is 24.7 Å². The number of halogens is 3. The smallest absolute Gasteiger partial charge is 0.349 e. The van der Waals surface area contributed by atoms with Crippen molar-refractivity contribution < 1.29 is 18.0 Å². The van der Waals surface area contributed by atoms with Crippen LogP contribution in [0.15, 0.2) is 36.7 Å². The fourth-order valence-corrected chi connectivity index (χ4v) is 4.86. The Balaban J connectivity index is 1.74. The van der Waals surface area contributed by atoms with Gasteiger partial charge in [0.15, 0.2) is 0 Å². The number of carbonyl (C=O) groups excluding carboxylic acids is 1. The number of benzene rings is 1. The second-order valence-corrected chi connectivity index (χ2v) is 8.34. The molecular formula is C21H25F3N4O. The van der Waals surface area contributed by atoms with Gasteiger partial charge in [-0.3, -0.25) is 9.69 Å². The van der Waals surface area contributed by atoms with Crippen LogP contribution in [0.25, 0.3) is 0 Å². The molecule has 1 amide bonds. The fourth-order valence-electron chi connectivity index (χ4n) is 4.86. The molecule has 2 saturated heterocycles. The Kier molecular flexibility index (Phi) is 4.93. The van der Waals surface area contributed by atoms with E-state index < -0.39 is 17.3 Å². The van der Waals surface area contributed by atoms with Gasteiger partial charge in [0, 0.05) is 37.9 Å². The molecule has 3 atom stereocenters. The lowest BCUT2D eigenvalue weighted by Gasteiger charge is -2.35. The van der Waals surface area contributed by atoms with Crippen molar-refractivity contribution in [1.29, 1.82) is 0 Å². The number of nitrogens with zero attached hydrogens (tertiary/aromatic N) is 3. The van der Waals surface area contributed by atoms with E-state index in [-0.39, 0.29) is 18.0 Å². The third kappa shape index (κ3) is 3.77. The van der Waals surface area contributed by atoms with Gasteiger partial charge in [0.2, 0.25) is 5.91 Å². The molecule has 3 heterocycles. The maximum absolute atomic E-state index is 13.3. The Morgan fingerprint density at radius 2 is 2.14 bits per heavy atom. The lowest BCUT2D eigenvalue weighted by molar-refractivity contribution is -0.137. The van der Waals surface area contributed by atoms with Crippen LogP contribution in [0.1, 0.15) is 55.6 Å². The summed E-state index contributed by atoms with van der Waals surface area (Å²) in [5, 5.41) is 3.16. The summed E-state index contributed by atoms with van der Waals surface area (Å²) in [6.07, 6.45) is 1.82. The number of likely N-dealkylation sites (tertiary alicyclic amines) is 1. The van der Waals surface area contributed by atoms with Gasteiger partial charge < -0.3 is 9.88 Å². The first-order valence-electron chi connectivity index (χ1n) is 9.87. The maximum atomic E-state index is 13.3. The quantitative estimate of drug-likeness (QED) is 0.843. The molecule has 8 heteroatoms. The summed E-state index contributed by atoms with van der Waals surface area (Å²) in [5.41, 5.74) is -0.511. The number of aryl methyl sites for hydroxylation is 1. The van der Waals surface area contributed by atoms with Crippen LogP contribution in [0.3, 0.4) is 0 Å². The monoisotopic (exact) mass is 406 g/mol. The van der Waals surface area contributed by atoms with Gasteiger partial charge in [0.1, 0.15) is 5.82 Å². The molecule has 0 unspecified atom stereocenters. The Hall–Kier alpha value is -2.35. The second kappa shape index (κ2) is 7.16. The van der Waals surface area contributed by atoms with Gasteiger partial charge in [-0.2, -0.15) is 13.2 Å². The Morgan fingerprint density at radius 1 is 1.34 bits per heavy atom. The van der Waals surface area contributed by atoms with Crippen molar-refractivity contribution in [2.24, 2.45) is 7.05 Å². The van der Waals surface area contributed by atoms with E-state index in [9.17, 15) is 18.0 Å². The second-order valence-electron chi connectivity index (χ2n) is 8.34. The molecule has 4 rings (SSSR count). The van der Waals surface area contributed by atoms with Crippen molar-refractivity contribution >= 4 is 5.91 Å². The van der Waals surface area contributed by atoms with Crippen LogP contribution >= 0.6 is 0 Å². The van der Waals surface area contributed by atoms with Gasteiger partial charge >= 0.3 is 6.18 Å². The number of hydrogen-bond acceptors (Lipinski definition) is 3. The molecule has 2 aromatic rings. The number of rotatable bonds is 3. The van der Waals surface area contributed by atoms with Crippen LogP contribution in [0.2, 0.25) is 0 Å². The lowest BCUT2D eigenvalue weighted by atomic mass is 9.88. The van der Waals surface area contributed by atoms with Gasteiger partial charge in [0.05, 0.1) is 17.6 Å².